The molecule has 0 amide bonds. The molecule has 1 aliphatic rings. The molecule has 0 radical (unpaired) electrons. The number of carbonyl (C=O) groups is 1. The molecule has 0 unspecified atom stereocenters. The Labute approximate surface area is 148 Å². The largest absolute Gasteiger partial charge is 0.461 e. The number of aromatic nitrogens is 1. The number of unbranched alkanes of at least 4 members (excludes halogenated alkanes) is 1. The van der Waals surface area contributed by atoms with Crippen LogP contribution in [0.4, 0.5) is 0 Å². The molecule has 1 aromatic carbocycles. The summed E-state index contributed by atoms with van der Waals surface area (Å²) in [4.78, 5) is 17.3. The normalized spacial score (nSPS) is 15.2. The van der Waals surface area contributed by atoms with Gasteiger partial charge in [0.25, 0.3) is 0 Å². The van der Waals surface area contributed by atoms with Gasteiger partial charge in [-0.1, -0.05) is 36.8 Å². The molecule has 1 heterocycles. The van der Waals surface area contributed by atoms with Crippen molar-refractivity contribution in [3.8, 4) is 0 Å². The Morgan fingerprint density at radius 1 is 1.25 bits per heavy atom. The van der Waals surface area contributed by atoms with E-state index in [-0.39, 0.29) is 5.97 Å². The van der Waals surface area contributed by atoms with Gasteiger partial charge >= 0.3 is 5.97 Å². The van der Waals surface area contributed by atoms with Crippen molar-refractivity contribution in [3.05, 3.63) is 51.5 Å². The summed E-state index contributed by atoms with van der Waals surface area (Å²) in [7, 11) is 0. The van der Waals surface area contributed by atoms with Crippen LogP contribution in [0.3, 0.4) is 0 Å². The van der Waals surface area contributed by atoms with E-state index in [4.69, 9.17) is 4.74 Å². The molecule has 0 atom stereocenters. The van der Waals surface area contributed by atoms with Crippen molar-refractivity contribution < 1.29 is 9.53 Å². The van der Waals surface area contributed by atoms with E-state index in [0.717, 1.165) is 22.7 Å². The minimum Gasteiger partial charge on any atom is -0.461 e. The van der Waals surface area contributed by atoms with Crippen LogP contribution in [0.15, 0.2) is 30.3 Å². The molecule has 1 aliphatic carbocycles. The highest BCUT2D eigenvalue weighted by atomic mass is 32.1. The van der Waals surface area contributed by atoms with Gasteiger partial charge in [0.2, 0.25) is 0 Å². The molecule has 1 saturated carbocycles. The topological polar surface area (TPSA) is 39.2 Å². The first kappa shape index (κ1) is 17.2. The minimum atomic E-state index is -0.293. The van der Waals surface area contributed by atoms with Gasteiger partial charge in [0.05, 0.1) is 11.6 Å². The molecular weight excluding hydrogens is 318 g/mol. The molecular formula is C20H25NO2S. The maximum atomic E-state index is 11.8. The number of carbonyl (C=O) groups excluding carboxylic acids is 1. The summed E-state index contributed by atoms with van der Waals surface area (Å²) in [5.41, 5.74) is 2.44. The maximum absolute atomic E-state index is 11.8. The Hall–Kier alpha value is -1.68. The summed E-state index contributed by atoms with van der Waals surface area (Å²) in [6, 6.07) is 10.9. The summed E-state index contributed by atoms with van der Waals surface area (Å²) < 4.78 is 5.05. The molecule has 3 nitrogen and oxygen atoms in total. The highest BCUT2D eigenvalue weighted by Crippen LogP contribution is 2.51. The number of ether oxygens (including phenoxy) is 1. The van der Waals surface area contributed by atoms with Crippen LogP contribution < -0.4 is 0 Å². The summed E-state index contributed by atoms with van der Waals surface area (Å²) >= 11 is 1.63. The third-order valence-corrected chi connectivity index (χ3v) is 5.88. The zero-order valence-corrected chi connectivity index (χ0v) is 15.3. The maximum Gasteiger partial charge on any atom is 0.358 e. The van der Waals surface area contributed by atoms with Gasteiger partial charge < -0.3 is 4.74 Å². The highest BCUT2D eigenvalue weighted by molar-refractivity contribution is 7.11. The third kappa shape index (κ3) is 3.86. The summed E-state index contributed by atoms with van der Waals surface area (Å²) in [5, 5.41) is 1.06. The van der Waals surface area contributed by atoms with Crippen LogP contribution in [0.2, 0.25) is 0 Å². The SMILES string of the molecule is CCOC(=O)c1nc(CCCCC2(c3ccccc3)CC2)sc1C. The molecule has 0 saturated heterocycles. The second kappa shape index (κ2) is 7.47. The number of hydrogen-bond donors (Lipinski definition) is 0. The van der Waals surface area contributed by atoms with E-state index >= 15 is 0 Å². The van der Waals surface area contributed by atoms with Crippen molar-refractivity contribution in [2.45, 2.75) is 57.8 Å². The average molecular weight is 343 g/mol. The quantitative estimate of drug-likeness (QED) is 0.496. The van der Waals surface area contributed by atoms with Gasteiger partial charge in [-0.3, -0.25) is 0 Å². The molecule has 0 spiro atoms. The fraction of sp³-hybridized carbons (Fsp3) is 0.500. The lowest BCUT2D eigenvalue weighted by atomic mass is 9.90. The molecule has 1 aromatic heterocycles. The van der Waals surface area contributed by atoms with E-state index in [9.17, 15) is 4.79 Å². The Kier molecular flexibility index (Phi) is 5.34. The zero-order chi connectivity index (χ0) is 17.0. The Morgan fingerprint density at radius 3 is 2.67 bits per heavy atom. The molecule has 128 valence electrons. The Morgan fingerprint density at radius 2 is 2.00 bits per heavy atom. The van der Waals surface area contributed by atoms with Crippen molar-refractivity contribution in [1.82, 2.24) is 4.98 Å². The first-order valence-corrected chi connectivity index (χ1v) is 9.65. The van der Waals surface area contributed by atoms with Gasteiger partial charge in [-0.15, -0.1) is 11.3 Å². The van der Waals surface area contributed by atoms with Crippen molar-refractivity contribution in [3.63, 3.8) is 0 Å². The van der Waals surface area contributed by atoms with Crippen LogP contribution in [0.5, 0.6) is 0 Å². The predicted octanol–water partition coefficient (Wildman–Crippen LogP) is 5.07. The fourth-order valence-corrected chi connectivity index (χ4v) is 4.27. The Balaban J connectivity index is 1.49. The van der Waals surface area contributed by atoms with E-state index in [1.807, 2.05) is 13.8 Å². The van der Waals surface area contributed by atoms with Crippen molar-refractivity contribution >= 4 is 17.3 Å². The van der Waals surface area contributed by atoms with Gasteiger partial charge in [0, 0.05) is 4.88 Å². The molecule has 0 bridgehead atoms. The molecule has 3 rings (SSSR count). The van der Waals surface area contributed by atoms with Crippen LogP contribution in [0, 0.1) is 6.92 Å². The number of esters is 1. The van der Waals surface area contributed by atoms with Gasteiger partial charge in [-0.2, -0.15) is 0 Å². The van der Waals surface area contributed by atoms with Crippen LogP contribution in [0.1, 0.15) is 65.0 Å². The number of thiazole rings is 1. The Bertz CT molecular complexity index is 689. The van der Waals surface area contributed by atoms with Crippen molar-refractivity contribution in [2.75, 3.05) is 6.61 Å². The van der Waals surface area contributed by atoms with E-state index in [1.54, 1.807) is 11.3 Å². The fourth-order valence-electron chi connectivity index (χ4n) is 3.31. The number of benzene rings is 1. The molecule has 4 heteroatoms. The summed E-state index contributed by atoms with van der Waals surface area (Å²) in [6.07, 6.45) is 7.19. The average Bonchev–Trinajstić information content (AvgIpc) is 3.29. The minimum absolute atomic E-state index is 0.293. The smallest absolute Gasteiger partial charge is 0.358 e. The second-order valence-corrected chi connectivity index (χ2v) is 7.87. The highest BCUT2D eigenvalue weighted by Gasteiger charge is 2.42. The monoisotopic (exact) mass is 343 g/mol. The van der Waals surface area contributed by atoms with E-state index in [2.05, 4.69) is 35.3 Å². The van der Waals surface area contributed by atoms with Crippen LogP contribution in [-0.4, -0.2) is 17.6 Å². The van der Waals surface area contributed by atoms with Gasteiger partial charge in [0.15, 0.2) is 5.69 Å². The summed E-state index contributed by atoms with van der Waals surface area (Å²) in [5.74, 6) is -0.293. The van der Waals surface area contributed by atoms with Crippen LogP contribution in [0.25, 0.3) is 0 Å². The summed E-state index contributed by atoms with van der Waals surface area (Å²) in [6.45, 7) is 4.16. The molecule has 0 N–H and O–H groups in total. The van der Waals surface area contributed by atoms with Crippen molar-refractivity contribution in [1.29, 1.82) is 0 Å². The predicted molar refractivity (Wildman–Crippen MR) is 97.7 cm³/mol. The lowest BCUT2D eigenvalue weighted by Crippen LogP contribution is -2.07. The van der Waals surface area contributed by atoms with Gasteiger partial charge in [0.1, 0.15) is 0 Å². The standard InChI is InChI=1S/C20H25NO2S/c1-3-23-19(22)18-15(2)24-17(21-18)11-7-8-12-20(13-14-20)16-9-5-4-6-10-16/h4-6,9-10H,3,7-8,11-14H2,1-2H3. The van der Waals surface area contributed by atoms with Crippen LogP contribution >= 0.6 is 11.3 Å². The van der Waals surface area contributed by atoms with Crippen molar-refractivity contribution in [2.24, 2.45) is 0 Å². The lowest BCUT2D eigenvalue weighted by molar-refractivity contribution is 0.0519. The first-order valence-electron chi connectivity index (χ1n) is 8.83. The van der Waals surface area contributed by atoms with Crippen LogP contribution in [-0.2, 0) is 16.6 Å². The molecule has 24 heavy (non-hydrogen) atoms. The van der Waals surface area contributed by atoms with E-state index < -0.39 is 0 Å². The molecule has 0 aliphatic heterocycles. The second-order valence-electron chi connectivity index (χ2n) is 6.59. The third-order valence-electron chi connectivity index (χ3n) is 4.85. The van der Waals surface area contributed by atoms with Gasteiger partial charge in [-0.05, 0) is 56.9 Å². The number of rotatable bonds is 8. The number of hydrogen-bond acceptors (Lipinski definition) is 4. The lowest BCUT2D eigenvalue weighted by Gasteiger charge is -2.15. The molecule has 2 aromatic rings. The number of aryl methyl sites for hydroxylation is 2. The molecule has 1 fully saturated rings. The zero-order valence-electron chi connectivity index (χ0n) is 14.5. The first-order chi connectivity index (χ1) is 11.6. The van der Waals surface area contributed by atoms with E-state index in [0.29, 0.717) is 17.7 Å². The number of nitrogens with zero attached hydrogens (tertiary/aromatic N) is 1. The van der Waals surface area contributed by atoms with E-state index in [1.165, 1.54) is 31.2 Å². The van der Waals surface area contributed by atoms with Gasteiger partial charge in [-0.25, -0.2) is 9.78 Å².